The Bertz CT molecular complexity index is 1350. The topological polar surface area (TPSA) is 108 Å². The number of carbonyl (C=O) groups is 1. The molecule has 2 fully saturated rings. The number of imidazole rings is 1. The highest BCUT2D eigenvalue weighted by Crippen LogP contribution is 2.37. The third-order valence-electron chi connectivity index (χ3n) is 6.50. The number of nitrogens with zero attached hydrogens (tertiary/aromatic N) is 7. The highest BCUT2D eigenvalue weighted by Gasteiger charge is 2.41. The Kier molecular flexibility index (Phi) is 5.32. The second kappa shape index (κ2) is 7.98. The van der Waals surface area contributed by atoms with Crippen molar-refractivity contribution in [3.63, 3.8) is 0 Å². The van der Waals surface area contributed by atoms with Gasteiger partial charge < -0.3 is 14.7 Å². The van der Waals surface area contributed by atoms with E-state index in [1.165, 1.54) is 0 Å². The van der Waals surface area contributed by atoms with Crippen LogP contribution in [-0.4, -0.2) is 89.2 Å². The van der Waals surface area contributed by atoms with Crippen LogP contribution in [0.2, 0.25) is 0 Å². The molecule has 1 N–H and O–H groups in total. The highest BCUT2D eigenvalue weighted by atomic mass is 32.2. The standard InChI is InChI=1S/C22H30N8O3S/c1-22(6-7-22)25-34(32,33)16-13-18(28-9-11-29(12-10-28)21(31)26(2)3)20-23-14-19(30(20)15-16)17-5-8-27(4)24-17/h5,8,13-15,25H,6-7,9-12H2,1-4H3. The Balaban J connectivity index is 1.57. The SMILES string of the molecule is CN(C)C(=O)N1CCN(c2cc(S(=O)(=O)NC3(C)CC3)cn3c(-c4ccn(C)n4)cnc23)CC1. The summed E-state index contributed by atoms with van der Waals surface area (Å²) in [5.41, 5.74) is 2.42. The molecule has 0 aromatic carbocycles. The van der Waals surface area contributed by atoms with Gasteiger partial charge in [0.2, 0.25) is 10.0 Å². The summed E-state index contributed by atoms with van der Waals surface area (Å²) in [5, 5.41) is 4.48. The zero-order valence-electron chi connectivity index (χ0n) is 19.9. The molecule has 1 aliphatic heterocycles. The first-order valence-electron chi connectivity index (χ1n) is 11.3. The first kappa shape index (κ1) is 22.7. The lowest BCUT2D eigenvalue weighted by Gasteiger charge is -2.37. The van der Waals surface area contributed by atoms with Gasteiger partial charge in [-0.25, -0.2) is 22.9 Å². The van der Waals surface area contributed by atoms with Crippen LogP contribution in [0.4, 0.5) is 10.5 Å². The van der Waals surface area contributed by atoms with Crippen molar-refractivity contribution in [1.29, 1.82) is 0 Å². The molecule has 182 valence electrons. The van der Waals surface area contributed by atoms with Gasteiger partial charge in [0.05, 0.1) is 17.6 Å². The maximum Gasteiger partial charge on any atom is 0.319 e. The van der Waals surface area contributed by atoms with E-state index < -0.39 is 10.0 Å². The second-order valence-corrected chi connectivity index (χ2v) is 11.3. The van der Waals surface area contributed by atoms with E-state index in [1.807, 2.05) is 26.2 Å². The number of aromatic nitrogens is 4. The Labute approximate surface area is 199 Å². The van der Waals surface area contributed by atoms with Crippen LogP contribution in [0.5, 0.6) is 0 Å². The molecular weight excluding hydrogens is 456 g/mol. The number of hydrogen-bond donors (Lipinski definition) is 1. The van der Waals surface area contributed by atoms with Crippen LogP contribution >= 0.6 is 0 Å². The molecule has 1 saturated heterocycles. The van der Waals surface area contributed by atoms with Gasteiger partial charge >= 0.3 is 6.03 Å². The van der Waals surface area contributed by atoms with Crippen molar-refractivity contribution in [3.8, 4) is 11.4 Å². The largest absolute Gasteiger partial charge is 0.365 e. The molecule has 1 saturated carbocycles. The molecule has 2 aliphatic rings. The number of rotatable bonds is 5. The molecule has 3 aromatic heterocycles. The average molecular weight is 487 g/mol. The average Bonchev–Trinajstić information content (AvgIpc) is 3.17. The van der Waals surface area contributed by atoms with Crippen molar-refractivity contribution in [2.24, 2.45) is 7.05 Å². The summed E-state index contributed by atoms with van der Waals surface area (Å²) in [7, 11) is 1.58. The van der Waals surface area contributed by atoms with E-state index in [9.17, 15) is 13.2 Å². The zero-order chi connectivity index (χ0) is 24.3. The molecule has 0 bridgehead atoms. The second-order valence-electron chi connectivity index (χ2n) is 9.59. The Morgan fingerprint density at radius 2 is 1.88 bits per heavy atom. The summed E-state index contributed by atoms with van der Waals surface area (Å²) >= 11 is 0. The lowest BCUT2D eigenvalue weighted by molar-refractivity contribution is 0.168. The normalized spacial score (nSPS) is 17.9. The van der Waals surface area contributed by atoms with Crippen LogP contribution in [0.3, 0.4) is 0 Å². The maximum atomic E-state index is 13.3. The summed E-state index contributed by atoms with van der Waals surface area (Å²) in [6.45, 7) is 4.17. The summed E-state index contributed by atoms with van der Waals surface area (Å²) in [6, 6.07) is 3.54. The quantitative estimate of drug-likeness (QED) is 0.584. The molecule has 0 atom stereocenters. The summed E-state index contributed by atoms with van der Waals surface area (Å²) in [6.07, 6.45) is 6.84. The number of aryl methyl sites for hydroxylation is 1. The lowest BCUT2D eigenvalue weighted by Crippen LogP contribution is -2.51. The zero-order valence-corrected chi connectivity index (χ0v) is 20.7. The van der Waals surface area contributed by atoms with Gasteiger partial charge in [-0.05, 0) is 31.9 Å². The molecule has 5 rings (SSSR count). The van der Waals surface area contributed by atoms with Gasteiger partial charge in [-0.15, -0.1) is 0 Å². The summed E-state index contributed by atoms with van der Waals surface area (Å²) in [5.74, 6) is 0. The van der Waals surface area contributed by atoms with E-state index in [-0.39, 0.29) is 16.5 Å². The predicted octanol–water partition coefficient (Wildman–Crippen LogP) is 1.37. The van der Waals surface area contributed by atoms with Crippen LogP contribution < -0.4 is 9.62 Å². The molecule has 1 aliphatic carbocycles. The number of hydrogen-bond acceptors (Lipinski definition) is 6. The first-order chi connectivity index (χ1) is 16.1. The molecule has 3 aromatic rings. The van der Waals surface area contributed by atoms with E-state index in [2.05, 4.69) is 19.7 Å². The maximum absolute atomic E-state index is 13.3. The van der Waals surface area contributed by atoms with Gasteiger partial charge in [0.15, 0.2) is 5.65 Å². The first-order valence-corrected chi connectivity index (χ1v) is 12.8. The minimum atomic E-state index is -3.74. The van der Waals surface area contributed by atoms with Crippen molar-refractivity contribution in [3.05, 3.63) is 30.7 Å². The van der Waals surface area contributed by atoms with Crippen LogP contribution in [-0.2, 0) is 17.1 Å². The van der Waals surface area contributed by atoms with Gasteiger partial charge in [-0.3, -0.25) is 9.08 Å². The molecule has 4 heterocycles. The minimum Gasteiger partial charge on any atom is -0.365 e. The molecular formula is C22H30N8O3S. The molecule has 2 amide bonds. The molecule has 11 nitrogen and oxygen atoms in total. The fraction of sp³-hybridized carbons (Fsp3) is 0.500. The van der Waals surface area contributed by atoms with Gasteiger partial charge in [0, 0.05) is 65.3 Å². The van der Waals surface area contributed by atoms with Crippen molar-refractivity contribution in [2.75, 3.05) is 45.2 Å². The van der Waals surface area contributed by atoms with Crippen molar-refractivity contribution >= 4 is 27.4 Å². The minimum absolute atomic E-state index is 0.0266. The van der Waals surface area contributed by atoms with Crippen LogP contribution in [0.1, 0.15) is 19.8 Å². The number of sulfonamides is 1. The molecule has 0 radical (unpaired) electrons. The Hall–Kier alpha value is -3.12. The smallest absolute Gasteiger partial charge is 0.319 e. The summed E-state index contributed by atoms with van der Waals surface area (Å²) in [4.78, 5) is 22.7. The van der Waals surface area contributed by atoms with Gasteiger partial charge in [0.25, 0.3) is 0 Å². The fourth-order valence-corrected chi connectivity index (χ4v) is 5.74. The van der Waals surface area contributed by atoms with Crippen molar-refractivity contribution in [2.45, 2.75) is 30.2 Å². The molecule has 34 heavy (non-hydrogen) atoms. The lowest BCUT2D eigenvalue weighted by atomic mass is 10.2. The number of fused-ring (bicyclic) bond motifs is 1. The predicted molar refractivity (Wildman–Crippen MR) is 128 cm³/mol. The Morgan fingerprint density at radius 1 is 1.18 bits per heavy atom. The van der Waals surface area contributed by atoms with E-state index >= 15 is 0 Å². The van der Waals surface area contributed by atoms with E-state index in [1.54, 1.807) is 51.4 Å². The van der Waals surface area contributed by atoms with Gasteiger partial charge in [-0.2, -0.15) is 5.10 Å². The van der Waals surface area contributed by atoms with E-state index in [4.69, 9.17) is 0 Å². The number of carbonyl (C=O) groups excluding carboxylic acids is 1. The van der Waals surface area contributed by atoms with Gasteiger partial charge in [-0.1, -0.05) is 0 Å². The number of amides is 2. The monoisotopic (exact) mass is 486 g/mol. The van der Waals surface area contributed by atoms with Gasteiger partial charge in [0.1, 0.15) is 10.6 Å². The highest BCUT2D eigenvalue weighted by molar-refractivity contribution is 7.89. The fourth-order valence-electron chi connectivity index (χ4n) is 4.26. The summed E-state index contributed by atoms with van der Waals surface area (Å²) < 4.78 is 33.0. The van der Waals surface area contributed by atoms with E-state index in [0.29, 0.717) is 43.2 Å². The van der Waals surface area contributed by atoms with Crippen LogP contribution in [0.25, 0.3) is 17.0 Å². The van der Waals surface area contributed by atoms with Crippen LogP contribution in [0.15, 0.2) is 35.6 Å². The van der Waals surface area contributed by atoms with Crippen LogP contribution in [0, 0.1) is 0 Å². The van der Waals surface area contributed by atoms with Crippen molar-refractivity contribution in [1.82, 2.24) is 33.7 Å². The third kappa shape index (κ3) is 4.11. The molecule has 0 unspecified atom stereocenters. The number of anilines is 1. The molecule has 0 spiro atoms. The number of pyridine rings is 1. The third-order valence-corrected chi connectivity index (χ3v) is 8.11. The number of urea groups is 1. The Morgan fingerprint density at radius 3 is 2.47 bits per heavy atom. The van der Waals surface area contributed by atoms with Crippen molar-refractivity contribution < 1.29 is 13.2 Å². The molecule has 12 heteroatoms. The number of piperazine rings is 1. The number of nitrogens with one attached hydrogen (secondary N) is 1. The van der Waals surface area contributed by atoms with E-state index in [0.717, 1.165) is 18.5 Å².